The van der Waals surface area contributed by atoms with Crippen LogP contribution in [0.5, 0.6) is 0 Å². The largest absolute Gasteiger partial charge is 0.323 e. The maximum absolute atomic E-state index is 12.2. The van der Waals surface area contributed by atoms with Crippen LogP contribution in [0.3, 0.4) is 0 Å². The monoisotopic (exact) mass is 406 g/mol. The average Bonchev–Trinajstić information content (AvgIpc) is 2.71. The Bertz CT molecular complexity index is 1060. The smallest absolute Gasteiger partial charge is 0.308 e. The second-order valence-corrected chi connectivity index (χ2v) is 6.63. The summed E-state index contributed by atoms with van der Waals surface area (Å²) in [6.07, 6.45) is 1.18. The van der Waals surface area contributed by atoms with E-state index in [1.807, 2.05) is 31.2 Å². The van der Waals surface area contributed by atoms with E-state index in [2.05, 4.69) is 27.5 Å². The molecule has 29 heavy (non-hydrogen) atoms. The molecule has 146 valence electrons. The van der Waals surface area contributed by atoms with Crippen LogP contribution in [0, 0.1) is 6.92 Å². The van der Waals surface area contributed by atoms with Crippen LogP contribution in [0.1, 0.15) is 5.56 Å². The van der Waals surface area contributed by atoms with Crippen LogP contribution in [0.2, 0.25) is 5.02 Å². The standard InChI is InChI=1S/C22H19ClN4O2/c1-3-21(28)27-20-6-4-5-19(26-20)15-8-11-16(12-9-15)24-22(29)25-17-10-7-14(2)18(23)13-17/h3-13H,1H2,2H3,(H2,24,25,29)(H,26,27,28). The van der Waals surface area contributed by atoms with E-state index in [4.69, 9.17) is 11.6 Å². The second kappa shape index (κ2) is 9.03. The van der Waals surface area contributed by atoms with Crippen molar-refractivity contribution in [1.82, 2.24) is 4.98 Å². The summed E-state index contributed by atoms with van der Waals surface area (Å²) in [6.45, 7) is 5.31. The van der Waals surface area contributed by atoms with Gasteiger partial charge in [0.1, 0.15) is 5.82 Å². The number of rotatable bonds is 5. The van der Waals surface area contributed by atoms with E-state index in [0.29, 0.717) is 27.9 Å². The summed E-state index contributed by atoms with van der Waals surface area (Å²) in [6, 6.07) is 17.5. The van der Waals surface area contributed by atoms with Crippen molar-refractivity contribution in [2.24, 2.45) is 0 Å². The van der Waals surface area contributed by atoms with Crippen molar-refractivity contribution in [3.63, 3.8) is 0 Å². The SMILES string of the molecule is C=CC(=O)Nc1cccc(-c2ccc(NC(=O)Nc3ccc(C)c(Cl)c3)cc2)n1. The van der Waals surface area contributed by atoms with E-state index in [1.165, 1.54) is 6.08 Å². The number of aromatic nitrogens is 1. The lowest BCUT2D eigenvalue weighted by Gasteiger charge is -2.10. The Morgan fingerprint density at radius 3 is 2.34 bits per heavy atom. The molecule has 0 atom stereocenters. The van der Waals surface area contributed by atoms with Crippen LogP contribution in [0.15, 0.2) is 73.3 Å². The Morgan fingerprint density at radius 1 is 0.966 bits per heavy atom. The van der Waals surface area contributed by atoms with Gasteiger partial charge < -0.3 is 16.0 Å². The Morgan fingerprint density at radius 2 is 1.66 bits per heavy atom. The topological polar surface area (TPSA) is 83.1 Å². The van der Waals surface area contributed by atoms with E-state index in [9.17, 15) is 9.59 Å². The molecule has 7 heteroatoms. The number of urea groups is 1. The zero-order chi connectivity index (χ0) is 20.8. The number of aryl methyl sites for hydroxylation is 1. The van der Waals surface area contributed by atoms with Gasteiger partial charge in [0.2, 0.25) is 5.91 Å². The van der Waals surface area contributed by atoms with Gasteiger partial charge >= 0.3 is 6.03 Å². The van der Waals surface area contributed by atoms with E-state index in [1.54, 1.807) is 36.4 Å². The lowest BCUT2D eigenvalue weighted by Crippen LogP contribution is -2.19. The normalized spacial score (nSPS) is 10.1. The van der Waals surface area contributed by atoms with Gasteiger partial charge in [0.25, 0.3) is 0 Å². The predicted octanol–water partition coefficient (Wildman–Crippen LogP) is 5.48. The Labute approximate surface area is 173 Å². The molecule has 1 aromatic heterocycles. The fourth-order valence-electron chi connectivity index (χ4n) is 2.53. The summed E-state index contributed by atoms with van der Waals surface area (Å²) in [5.74, 6) is 0.112. The first kappa shape index (κ1) is 20.1. The van der Waals surface area contributed by atoms with Gasteiger partial charge in [-0.3, -0.25) is 4.79 Å². The van der Waals surface area contributed by atoms with Crippen LogP contribution < -0.4 is 16.0 Å². The Kier molecular flexibility index (Phi) is 6.26. The molecule has 3 aromatic rings. The van der Waals surface area contributed by atoms with E-state index >= 15 is 0 Å². The van der Waals surface area contributed by atoms with Crippen LogP contribution in [0.4, 0.5) is 22.0 Å². The van der Waals surface area contributed by atoms with E-state index in [0.717, 1.165) is 11.1 Å². The molecule has 0 unspecified atom stereocenters. The summed E-state index contributed by atoms with van der Waals surface area (Å²) < 4.78 is 0. The average molecular weight is 407 g/mol. The molecule has 6 nitrogen and oxygen atoms in total. The summed E-state index contributed by atoms with van der Waals surface area (Å²) in [7, 11) is 0. The highest BCUT2D eigenvalue weighted by Crippen LogP contribution is 2.22. The molecule has 0 fully saturated rings. The molecule has 1 heterocycles. The highest BCUT2D eigenvalue weighted by molar-refractivity contribution is 6.31. The minimum atomic E-state index is -0.370. The minimum Gasteiger partial charge on any atom is -0.308 e. The number of halogens is 1. The Balaban J connectivity index is 1.66. The number of carbonyl (C=O) groups excluding carboxylic acids is 2. The molecule has 3 rings (SSSR count). The molecule has 2 aromatic carbocycles. The maximum atomic E-state index is 12.2. The van der Waals surface area contributed by atoms with Crippen molar-refractivity contribution in [3.05, 3.63) is 83.9 Å². The molecule has 0 aliphatic carbocycles. The zero-order valence-electron chi connectivity index (χ0n) is 15.7. The summed E-state index contributed by atoms with van der Waals surface area (Å²) in [4.78, 5) is 28.0. The van der Waals surface area contributed by atoms with Gasteiger partial charge in [-0.2, -0.15) is 0 Å². The highest BCUT2D eigenvalue weighted by atomic mass is 35.5. The molecule has 0 aliphatic heterocycles. The maximum Gasteiger partial charge on any atom is 0.323 e. The van der Waals surface area contributed by atoms with Crippen molar-refractivity contribution >= 4 is 40.7 Å². The van der Waals surface area contributed by atoms with Gasteiger partial charge in [-0.25, -0.2) is 9.78 Å². The van der Waals surface area contributed by atoms with Gasteiger partial charge in [0.05, 0.1) is 5.69 Å². The van der Waals surface area contributed by atoms with Crippen molar-refractivity contribution in [2.45, 2.75) is 6.92 Å². The molecule has 0 saturated carbocycles. The van der Waals surface area contributed by atoms with Crippen LogP contribution in [-0.4, -0.2) is 16.9 Å². The molecule has 0 bridgehead atoms. The second-order valence-electron chi connectivity index (χ2n) is 6.22. The molecule has 3 amide bonds. The van der Waals surface area contributed by atoms with Gasteiger partial charge in [-0.15, -0.1) is 0 Å². The molecule has 0 radical (unpaired) electrons. The number of benzene rings is 2. The first-order valence-corrected chi connectivity index (χ1v) is 9.17. The Hall–Kier alpha value is -3.64. The van der Waals surface area contributed by atoms with Crippen LogP contribution >= 0.6 is 11.6 Å². The third-order valence-electron chi connectivity index (χ3n) is 4.05. The summed E-state index contributed by atoms with van der Waals surface area (Å²) in [5.41, 5.74) is 3.71. The lowest BCUT2D eigenvalue weighted by atomic mass is 10.1. The fourth-order valence-corrected chi connectivity index (χ4v) is 2.71. The number of anilines is 3. The van der Waals surface area contributed by atoms with Crippen molar-refractivity contribution < 1.29 is 9.59 Å². The first-order valence-electron chi connectivity index (χ1n) is 8.79. The molecular weight excluding hydrogens is 388 g/mol. The fraction of sp³-hybridized carbons (Fsp3) is 0.0455. The predicted molar refractivity (Wildman–Crippen MR) is 117 cm³/mol. The number of pyridine rings is 1. The summed E-state index contributed by atoms with van der Waals surface area (Å²) >= 11 is 6.07. The number of nitrogens with one attached hydrogen (secondary N) is 3. The van der Waals surface area contributed by atoms with Crippen molar-refractivity contribution in [1.29, 1.82) is 0 Å². The number of hydrogen-bond donors (Lipinski definition) is 3. The number of carbonyl (C=O) groups is 2. The zero-order valence-corrected chi connectivity index (χ0v) is 16.5. The first-order chi connectivity index (χ1) is 13.9. The molecular formula is C22H19ClN4O2. The van der Waals surface area contributed by atoms with Crippen molar-refractivity contribution in [3.8, 4) is 11.3 Å². The van der Waals surface area contributed by atoms with Crippen molar-refractivity contribution in [2.75, 3.05) is 16.0 Å². The molecule has 0 spiro atoms. The molecule has 0 aliphatic rings. The molecule has 0 saturated heterocycles. The van der Waals surface area contributed by atoms with E-state index < -0.39 is 0 Å². The third-order valence-corrected chi connectivity index (χ3v) is 4.46. The number of amides is 3. The van der Waals surface area contributed by atoms with Gasteiger partial charge in [0.15, 0.2) is 0 Å². The number of hydrogen-bond acceptors (Lipinski definition) is 3. The van der Waals surface area contributed by atoms with Crippen LogP contribution in [0.25, 0.3) is 11.3 Å². The number of nitrogens with zero attached hydrogens (tertiary/aromatic N) is 1. The lowest BCUT2D eigenvalue weighted by molar-refractivity contribution is -0.111. The molecule has 3 N–H and O–H groups in total. The van der Waals surface area contributed by atoms with Gasteiger partial charge in [0, 0.05) is 22.0 Å². The quantitative estimate of drug-likeness (QED) is 0.490. The minimum absolute atomic E-state index is 0.324. The highest BCUT2D eigenvalue weighted by Gasteiger charge is 2.06. The van der Waals surface area contributed by atoms with E-state index in [-0.39, 0.29) is 11.9 Å². The van der Waals surface area contributed by atoms with Gasteiger partial charge in [-0.05, 0) is 55.0 Å². The third kappa shape index (κ3) is 5.43. The van der Waals surface area contributed by atoms with Crippen LogP contribution in [-0.2, 0) is 4.79 Å². The van der Waals surface area contributed by atoms with Gasteiger partial charge in [-0.1, -0.05) is 42.4 Å². The summed E-state index contributed by atoms with van der Waals surface area (Å²) in [5, 5.41) is 8.72.